The van der Waals surface area contributed by atoms with Crippen LogP contribution >= 0.6 is 0 Å². The Morgan fingerprint density at radius 2 is 1.25 bits per heavy atom. The Hall–Kier alpha value is -3.75. The van der Waals surface area contributed by atoms with Crippen LogP contribution in [0.4, 0.5) is 4.79 Å². The smallest absolute Gasteiger partial charge is 0.408 e. The van der Waals surface area contributed by atoms with E-state index >= 15 is 0 Å². The van der Waals surface area contributed by atoms with Crippen molar-refractivity contribution in [1.29, 1.82) is 0 Å². The minimum atomic E-state index is -1.25. The van der Waals surface area contributed by atoms with Gasteiger partial charge in [0.2, 0.25) is 5.91 Å². The maximum absolute atomic E-state index is 12.9. The number of phenols is 2. The molecule has 2 aromatic rings. The molecule has 5 N–H and O–H groups in total. The van der Waals surface area contributed by atoms with Gasteiger partial charge < -0.3 is 30.7 Å². The van der Waals surface area contributed by atoms with Gasteiger partial charge in [0, 0.05) is 12.8 Å². The van der Waals surface area contributed by atoms with Gasteiger partial charge in [-0.25, -0.2) is 9.59 Å². The fraction of sp³-hybridized carbons (Fsp3) is 0.348. The Morgan fingerprint density at radius 1 is 0.812 bits per heavy atom. The number of ether oxygens (including phenoxy) is 1. The molecule has 2 amide bonds. The number of hydrogen-bond acceptors (Lipinski definition) is 6. The Kier molecular flexibility index (Phi) is 8.06. The van der Waals surface area contributed by atoms with Crippen molar-refractivity contribution in [3.8, 4) is 11.5 Å². The number of aromatic hydroxyl groups is 2. The molecule has 2 rings (SSSR count). The van der Waals surface area contributed by atoms with Crippen LogP contribution in [0.2, 0.25) is 0 Å². The molecular weight excluding hydrogens is 416 g/mol. The van der Waals surface area contributed by atoms with Crippen LogP contribution in [0.3, 0.4) is 0 Å². The van der Waals surface area contributed by atoms with E-state index in [1.165, 1.54) is 24.3 Å². The zero-order valence-corrected chi connectivity index (χ0v) is 18.2. The van der Waals surface area contributed by atoms with E-state index in [0.29, 0.717) is 11.1 Å². The highest BCUT2D eigenvalue weighted by atomic mass is 16.6. The molecule has 0 radical (unpaired) electrons. The molecule has 0 fully saturated rings. The Labute approximate surface area is 186 Å². The second-order valence-corrected chi connectivity index (χ2v) is 8.34. The van der Waals surface area contributed by atoms with E-state index in [9.17, 15) is 29.7 Å². The van der Waals surface area contributed by atoms with E-state index in [2.05, 4.69) is 10.6 Å². The lowest BCUT2D eigenvalue weighted by Crippen LogP contribution is -2.53. The maximum atomic E-state index is 12.9. The summed E-state index contributed by atoms with van der Waals surface area (Å²) < 4.78 is 5.22. The van der Waals surface area contributed by atoms with Crippen LogP contribution in [0.15, 0.2) is 48.5 Å². The molecule has 0 aliphatic rings. The fourth-order valence-electron chi connectivity index (χ4n) is 2.87. The molecule has 0 saturated heterocycles. The zero-order chi connectivity index (χ0) is 23.9. The van der Waals surface area contributed by atoms with Gasteiger partial charge in [-0.2, -0.15) is 0 Å². The van der Waals surface area contributed by atoms with Crippen molar-refractivity contribution in [3.05, 3.63) is 59.7 Å². The van der Waals surface area contributed by atoms with Crippen molar-refractivity contribution >= 4 is 18.0 Å². The fourth-order valence-corrected chi connectivity index (χ4v) is 2.87. The van der Waals surface area contributed by atoms with Crippen LogP contribution in [0.25, 0.3) is 0 Å². The molecule has 2 atom stereocenters. The topological polar surface area (TPSA) is 145 Å². The molecule has 0 saturated carbocycles. The van der Waals surface area contributed by atoms with E-state index in [0.717, 1.165) is 0 Å². The van der Waals surface area contributed by atoms with Gasteiger partial charge >= 0.3 is 12.1 Å². The van der Waals surface area contributed by atoms with E-state index in [1.54, 1.807) is 45.0 Å². The minimum Gasteiger partial charge on any atom is -0.508 e. The van der Waals surface area contributed by atoms with Gasteiger partial charge in [0.15, 0.2) is 0 Å². The number of amides is 2. The number of carbonyl (C=O) groups excluding carboxylic acids is 2. The number of aliphatic carboxylic acids is 1. The summed E-state index contributed by atoms with van der Waals surface area (Å²) in [5.74, 6) is -1.85. The summed E-state index contributed by atoms with van der Waals surface area (Å²) in [6, 6.07) is 9.68. The summed E-state index contributed by atoms with van der Waals surface area (Å²) in [5, 5.41) is 33.4. The Morgan fingerprint density at radius 3 is 1.66 bits per heavy atom. The van der Waals surface area contributed by atoms with Crippen molar-refractivity contribution in [2.75, 3.05) is 0 Å². The molecule has 0 spiro atoms. The number of hydrogen-bond donors (Lipinski definition) is 5. The first kappa shape index (κ1) is 24.5. The van der Waals surface area contributed by atoms with Gasteiger partial charge in [-0.3, -0.25) is 4.79 Å². The summed E-state index contributed by atoms with van der Waals surface area (Å²) in [6.07, 6.45) is -0.779. The molecule has 32 heavy (non-hydrogen) atoms. The molecule has 0 bridgehead atoms. The third-order valence-electron chi connectivity index (χ3n) is 4.37. The lowest BCUT2D eigenvalue weighted by Gasteiger charge is -2.24. The van der Waals surface area contributed by atoms with E-state index in [4.69, 9.17) is 4.74 Å². The summed E-state index contributed by atoms with van der Waals surface area (Å²) in [6.45, 7) is 5.04. The average Bonchev–Trinajstić information content (AvgIpc) is 2.68. The van der Waals surface area contributed by atoms with Crippen molar-refractivity contribution in [1.82, 2.24) is 10.6 Å². The normalized spacial score (nSPS) is 13.0. The van der Waals surface area contributed by atoms with Crippen LogP contribution in [-0.2, 0) is 27.2 Å². The molecule has 9 heteroatoms. The third-order valence-corrected chi connectivity index (χ3v) is 4.37. The van der Waals surface area contributed by atoms with Crippen LogP contribution < -0.4 is 10.6 Å². The van der Waals surface area contributed by atoms with Gasteiger partial charge in [0.25, 0.3) is 0 Å². The summed E-state index contributed by atoms with van der Waals surface area (Å²) in [5.41, 5.74) is 0.460. The summed E-state index contributed by atoms with van der Waals surface area (Å²) in [4.78, 5) is 36.9. The lowest BCUT2D eigenvalue weighted by molar-refractivity contribution is -0.142. The number of alkyl carbamates (subject to hydrolysis) is 1. The second kappa shape index (κ2) is 10.5. The summed E-state index contributed by atoms with van der Waals surface area (Å²) in [7, 11) is 0. The van der Waals surface area contributed by atoms with Crippen molar-refractivity contribution in [2.45, 2.75) is 51.3 Å². The SMILES string of the molecule is CC(C)(C)OC(=O)NC(Cc1ccc(O)cc1)C(=O)NC(Cc1ccc(O)cc1)C(=O)O. The molecule has 172 valence electrons. The second-order valence-electron chi connectivity index (χ2n) is 8.34. The van der Waals surface area contributed by atoms with Crippen LogP contribution in [0.5, 0.6) is 11.5 Å². The van der Waals surface area contributed by atoms with Gasteiger partial charge in [-0.1, -0.05) is 24.3 Å². The highest BCUT2D eigenvalue weighted by molar-refractivity contribution is 5.89. The average molecular weight is 444 g/mol. The monoisotopic (exact) mass is 444 g/mol. The van der Waals surface area contributed by atoms with Crippen molar-refractivity contribution in [2.24, 2.45) is 0 Å². The first-order valence-corrected chi connectivity index (χ1v) is 10.0. The van der Waals surface area contributed by atoms with Crippen LogP contribution in [0, 0.1) is 0 Å². The van der Waals surface area contributed by atoms with Gasteiger partial charge in [-0.15, -0.1) is 0 Å². The Bertz CT molecular complexity index is 934. The number of nitrogens with one attached hydrogen (secondary N) is 2. The largest absolute Gasteiger partial charge is 0.508 e. The van der Waals surface area contributed by atoms with E-state index < -0.39 is 35.7 Å². The van der Waals surface area contributed by atoms with Crippen molar-refractivity contribution in [3.63, 3.8) is 0 Å². The highest BCUT2D eigenvalue weighted by Crippen LogP contribution is 2.14. The summed E-state index contributed by atoms with van der Waals surface area (Å²) >= 11 is 0. The number of carbonyl (C=O) groups is 3. The van der Waals surface area contributed by atoms with Gasteiger partial charge in [0.05, 0.1) is 0 Å². The van der Waals surface area contributed by atoms with Crippen LogP contribution in [0.1, 0.15) is 31.9 Å². The number of phenolic OH excluding ortho intramolecular Hbond substituents is 2. The predicted octanol–water partition coefficient (Wildman–Crippen LogP) is 2.35. The van der Waals surface area contributed by atoms with Crippen molar-refractivity contribution < 1.29 is 34.4 Å². The van der Waals surface area contributed by atoms with E-state index in [1.807, 2.05) is 0 Å². The number of rotatable bonds is 8. The predicted molar refractivity (Wildman–Crippen MR) is 116 cm³/mol. The van der Waals surface area contributed by atoms with E-state index in [-0.39, 0.29) is 24.3 Å². The van der Waals surface area contributed by atoms with Crippen LogP contribution in [-0.4, -0.2) is 51.0 Å². The number of carboxylic acid groups (broad SMARTS) is 1. The number of carboxylic acids is 1. The van der Waals surface area contributed by atoms with Gasteiger partial charge in [-0.05, 0) is 56.2 Å². The van der Waals surface area contributed by atoms with Gasteiger partial charge in [0.1, 0.15) is 29.2 Å². The molecular formula is C23H28N2O7. The number of benzene rings is 2. The standard InChI is InChI=1S/C23H28N2O7/c1-23(2,3)32-22(31)25-18(12-14-4-8-16(26)9-5-14)20(28)24-19(21(29)30)13-15-6-10-17(27)11-7-15/h4-11,18-19,26-27H,12-13H2,1-3H3,(H,24,28)(H,25,31)(H,29,30). The highest BCUT2D eigenvalue weighted by Gasteiger charge is 2.28. The zero-order valence-electron chi connectivity index (χ0n) is 18.2. The molecule has 0 heterocycles. The lowest BCUT2D eigenvalue weighted by atomic mass is 10.0. The molecule has 2 aromatic carbocycles. The molecule has 0 aliphatic carbocycles. The Balaban J connectivity index is 2.17. The molecule has 2 unspecified atom stereocenters. The molecule has 0 aromatic heterocycles. The third kappa shape index (κ3) is 8.17. The molecule has 0 aliphatic heterocycles. The first-order chi connectivity index (χ1) is 14.9. The maximum Gasteiger partial charge on any atom is 0.408 e. The molecule has 9 nitrogen and oxygen atoms in total. The minimum absolute atomic E-state index is 0.0142. The first-order valence-electron chi connectivity index (χ1n) is 10.0. The quantitative estimate of drug-likeness (QED) is 0.420.